The Labute approximate surface area is 316 Å². The van der Waals surface area contributed by atoms with Crippen molar-refractivity contribution in [1.29, 1.82) is 0 Å². The first-order valence-corrected chi connectivity index (χ1v) is 18.7. The van der Waals surface area contributed by atoms with Gasteiger partial charge in [-0.1, -0.05) is 97.4 Å². The van der Waals surface area contributed by atoms with Gasteiger partial charge in [0.2, 0.25) is 0 Å². The van der Waals surface area contributed by atoms with Crippen LogP contribution in [0.3, 0.4) is 0 Å². The van der Waals surface area contributed by atoms with Gasteiger partial charge in [0.05, 0.1) is 35.2 Å². The molecule has 0 N–H and O–H groups in total. The van der Waals surface area contributed by atoms with Crippen LogP contribution in [0, 0.1) is 12.8 Å². The molecule has 6 nitrogen and oxygen atoms in total. The molecule has 54 heavy (non-hydrogen) atoms. The van der Waals surface area contributed by atoms with Crippen LogP contribution < -0.4 is 9.47 Å². The van der Waals surface area contributed by atoms with Crippen molar-refractivity contribution in [3.05, 3.63) is 162 Å². The first-order valence-electron chi connectivity index (χ1n) is 18.7. The summed E-state index contributed by atoms with van der Waals surface area (Å²) in [6.45, 7) is 6.80. The van der Waals surface area contributed by atoms with Gasteiger partial charge < -0.3 is 9.47 Å². The van der Waals surface area contributed by atoms with E-state index >= 15 is 0 Å². The Hall–Kier alpha value is -6.40. The summed E-state index contributed by atoms with van der Waals surface area (Å²) in [7, 11) is 1.68. The molecule has 8 aromatic rings. The highest BCUT2D eigenvalue weighted by Crippen LogP contribution is 2.47. The number of hydrogen-bond donors (Lipinski definition) is 0. The summed E-state index contributed by atoms with van der Waals surface area (Å²) in [4.78, 5) is 4.74. The molecule has 266 valence electrons. The van der Waals surface area contributed by atoms with E-state index in [0.717, 1.165) is 91.5 Å². The molecule has 0 saturated heterocycles. The summed E-state index contributed by atoms with van der Waals surface area (Å²) in [5.41, 5.74) is 11.2. The third-order valence-electron chi connectivity index (χ3n) is 10.8. The second-order valence-electron chi connectivity index (χ2n) is 14.4. The van der Waals surface area contributed by atoms with E-state index in [9.17, 15) is 0 Å². The summed E-state index contributed by atoms with van der Waals surface area (Å²) in [5.74, 6) is 3.73. The number of para-hydroxylation sites is 1. The van der Waals surface area contributed by atoms with E-state index < -0.39 is 0 Å². The third-order valence-corrected chi connectivity index (χ3v) is 10.8. The maximum Gasteiger partial charge on any atom is 0.141 e. The average Bonchev–Trinajstić information content (AvgIpc) is 3.75. The number of hydrogen-bond acceptors (Lipinski definition) is 4. The lowest BCUT2D eigenvalue weighted by Gasteiger charge is -2.30. The van der Waals surface area contributed by atoms with Gasteiger partial charge >= 0.3 is 0 Å². The van der Waals surface area contributed by atoms with Gasteiger partial charge in [0, 0.05) is 57.8 Å². The summed E-state index contributed by atoms with van der Waals surface area (Å²) in [6.07, 6.45) is 6.46. The summed E-state index contributed by atoms with van der Waals surface area (Å²) >= 11 is 0. The van der Waals surface area contributed by atoms with Gasteiger partial charge in [0.15, 0.2) is 0 Å². The summed E-state index contributed by atoms with van der Waals surface area (Å²) in [6, 6.07) is 46.3. The Morgan fingerprint density at radius 2 is 1.43 bits per heavy atom. The number of rotatable bonds is 8. The molecule has 9 rings (SSSR count). The molecule has 0 spiro atoms. The van der Waals surface area contributed by atoms with Crippen molar-refractivity contribution >= 4 is 21.8 Å². The molecule has 0 amide bonds. The standard InChI is InChI=1S/C48H42N4O2/c1-31-26-36(52-48(35-18-9-6-10-19-35)46(45-32(2)14-13-15-33(45)3)47(50-52)34-16-7-5-8-17-34)28-39(27-31)54-38-22-23-41-40-20-11-12-21-42(40)51(43(41)29-38)44-30-37(53-4)24-25-49-44/h5-12,14,16-30,33,45H,13,15H2,1-4H3/t33-,45+/m0/s1. The Balaban J connectivity index is 1.20. The van der Waals surface area contributed by atoms with E-state index in [4.69, 9.17) is 19.6 Å². The number of methoxy groups -OCH3 is 1. The Kier molecular flexibility index (Phi) is 8.58. The molecule has 1 aliphatic rings. The molecular formula is C48H42N4O2. The van der Waals surface area contributed by atoms with Crippen LogP contribution in [0.2, 0.25) is 0 Å². The zero-order valence-electron chi connectivity index (χ0n) is 31.0. The highest BCUT2D eigenvalue weighted by molar-refractivity contribution is 6.09. The SMILES string of the molecule is COc1ccnc(-n2c3ccccc3c3ccc(Oc4cc(C)cc(-n5nc(-c6ccccc6)c([C@@H]6C(C)=CCC[C@@H]6C)c5-c5ccccc5)c4)cc32)c1. The first kappa shape index (κ1) is 33.4. The highest BCUT2D eigenvalue weighted by atomic mass is 16.5. The number of pyridine rings is 1. The molecule has 0 radical (unpaired) electrons. The molecule has 3 heterocycles. The fourth-order valence-corrected chi connectivity index (χ4v) is 8.38. The highest BCUT2D eigenvalue weighted by Gasteiger charge is 2.33. The Morgan fingerprint density at radius 1 is 0.685 bits per heavy atom. The zero-order chi connectivity index (χ0) is 36.8. The molecule has 0 fully saturated rings. The van der Waals surface area contributed by atoms with E-state index in [-0.39, 0.29) is 5.92 Å². The van der Waals surface area contributed by atoms with Gasteiger partial charge in [-0.05, 0) is 74.6 Å². The lowest BCUT2D eigenvalue weighted by Crippen LogP contribution is -2.16. The third kappa shape index (κ3) is 5.94. The zero-order valence-corrected chi connectivity index (χ0v) is 31.0. The van der Waals surface area contributed by atoms with Crippen molar-refractivity contribution in [3.8, 4) is 51.3 Å². The maximum atomic E-state index is 6.77. The van der Waals surface area contributed by atoms with Crippen molar-refractivity contribution in [2.75, 3.05) is 7.11 Å². The quantitative estimate of drug-likeness (QED) is 0.148. The van der Waals surface area contributed by atoms with Crippen molar-refractivity contribution in [3.63, 3.8) is 0 Å². The van der Waals surface area contributed by atoms with Crippen LogP contribution >= 0.6 is 0 Å². The molecule has 0 bridgehead atoms. The van der Waals surface area contributed by atoms with Gasteiger partial charge in [-0.2, -0.15) is 5.10 Å². The van der Waals surface area contributed by atoms with E-state index in [1.165, 1.54) is 11.1 Å². The normalized spacial score (nSPS) is 15.7. The molecule has 0 saturated carbocycles. The van der Waals surface area contributed by atoms with Crippen LogP contribution in [-0.4, -0.2) is 26.4 Å². The predicted octanol–water partition coefficient (Wildman–Crippen LogP) is 12.3. The number of allylic oxidation sites excluding steroid dienone is 2. The van der Waals surface area contributed by atoms with Gasteiger partial charge in [-0.25, -0.2) is 9.67 Å². The van der Waals surface area contributed by atoms with Crippen molar-refractivity contribution in [1.82, 2.24) is 19.3 Å². The van der Waals surface area contributed by atoms with Gasteiger partial charge in [0.25, 0.3) is 0 Å². The van der Waals surface area contributed by atoms with Gasteiger partial charge in [0.1, 0.15) is 23.1 Å². The number of nitrogens with zero attached hydrogens (tertiary/aromatic N) is 4. The van der Waals surface area contributed by atoms with Gasteiger partial charge in [-0.15, -0.1) is 0 Å². The number of aryl methyl sites for hydroxylation is 1. The Morgan fingerprint density at radius 3 is 2.20 bits per heavy atom. The number of ether oxygens (including phenoxy) is 2. The minimum absolute atomic E-state index is 0.246. The van der Waals surface area contributed by atoms with Crippen molar-refractivity contribution < 1.29 is 9.47 Å². The monoisotopic (exact) mass is 706 g/mol. The lowest BCUT2D eigenvalue weighted by atomic mass is 9.74. The van der Waals surface area contributed by atoms with E-state index in [2.05, 4.69) is 157 Å². The predicted molar refractivity (Wildman–Crippen MR) is 219 cm³/mol. The van der Waals surface area contributed by atoms with Crippen LogP contribution in [0.25, 0.3) is 55.8 Å². The molecular weight excluding hydrogens is 665 g/mol. The Bertz CT molecular complexity index is 2670. The maximum absolute atomic E-state index is 6.77. The second-order valence-corrected chi connectivity index (χ2v) is 14.4. The van der Waals surface area contributed by atoms with E-state index in [1.807, 2.05) is 12.1 Å². The van der Waals surface area contributed by atoms with E-state index in [0.29, 0.717) is 5.92 Å². The number of benzene rings is 5. The van der Waals surface area contributed by atoms with Crippen LogP contribution in [0.1, 0.15) is 43.7 Å². The largest absolute Gasteiger partial charge is 0.497 e. The smallest absolute Gasteiger partial charge is 0.141 e. The number of fused-ring (bicyclic) bond motifs is 3. The van der Waals surface area contributed by atoms with Crippen LogP contribution in [-0.2, 0) is 0 Å². The molecule has 3 aromatic heterocycles. The fraction of sp³-hybridized carbons (Fsp3) is 0.167. The second kappa shape index (κ2) is 13.9. The molecule has 0 aliphatic heterocycles. The van der Waals surface area contributed by atoms with E-state index in [1.54, 1.807) is 13.3 Å². The average molecular weight is 707 g/mol. The van der Waals surface area contributed by atoms with Crippen LogP contribution in [0.15, 0.2) is 151 Å². The molecule has 5 aromatic carbocycles. The number of aromatic nitrogens is 4. The molecule has 1 aliphatic carbocycles. The fourth-order valence-electron chi connectivity index (χ4n) is 8.38. The molecule has 2 atom stereocenters. The lowest BCUT2D eigenvalue weighted by molar-refractivity contribution is 0.414. The van der Waals surface area contributed by atoms with Gasteiger partial charge in [-0.3, -0.25) is 4.57 Å². The summed E-state index contributed by atoms with van der Waals surface area (Å²) in [5, 5.41) is 7.77. The van der Waals surface area contributed by atoms with Crippen LogP contribution in [0.5, 0.6) is 17.2 Å². The van der Waals surface area contributed by atoms with Crippen LogP contribution in [0.4, 0.5) is 0 Å². The topological polar surface area (TPSA) is 54.1 Å². The minimum Gasteiger partial charge on any atom is -0.497 e. The summed E-state index contributed by atoms with van der Waals surface area (Å²) < 4.78 is 16.7. The first-order chi connectivity index (χ1) is 26.5. The minimum atomic E-state index is 0.246. The molecule has 0 unspecified atom stereocenters. The molecule has 6 heteroatoms. The van der Waals surface area contributed by atoms with Crippen molar-refractivity contribution in [2.24, 2.45) is 5.92 Å². The van der Waals surface area contributed by atoms with Crippen molar-refractivity contribution in [2.45, 2.75) is 39.5 Å².